The molecule has 2 N–H and O–H groups in total. The van der Waals surface area contributed by atoms with Gasteiger partial charge in [-0.15, -0.1) is 0 Å². The topological polar surface area (TPSA) is 59.0 Å². The van der Waals surface area contributed by atoms with Gasteiger partial charge in [0.15, 0.2) is 0 Å². The summed E-state index contributed by atoms with van der Waals surface area (Å²) in [5, 5.41) is 5.88. The summed E-state index contributed by atoms with van der Waals surface area (Å²) in [6, 6.07) is -0.0668. The van der Waals surface area contributed by atoms with Crippen molar-refractivity contribution in [1.82, 2.24) is 20.2 Å². The van der Waals surface area contributed by atoms with Crippen LogP contribution in [0, 0.1) is 5.92 Å². The third-order valence-electron chi connectivity index (χ3n) is 4.41. The maximum atomic E-state index is 11.8. The molecule has 110 valence electrons. The quantitative estimate of drug-likeness (QED) is 0.886. The maximum Gasteiger partial charge on any atom is 0.315 e. The van der Waals surface area contributed by atoms with Gasteiger partial charge in [-0.25, -0.2) is 9.78 Å². The van der Waals surface area contributed by atoms with E-state index < -0.39 is 0 Å². The van der Waals surface area contributed by atoms with Crippen LogP contribution in [0.15, 0.2) is 6.20 Å². The van der Waals surface area contributed by atoms with Crippen molar-refractivity contribution in [2.24, 2.45) is 5.92 Å². The number of urea groups is 1. The van der Waals surface area contributed by atoms with Crippen molar-refractivity contribution >= 4 is 6.03 Å². The Kier molecular flexibility index (Phi) is 4.23. The smallest absolute Gasteiger partial charge is 0.315 e. The molecule has 2 aliphatic rings. The van der Waals surface area contributed by atoms with Crippen LogP contribution in [0.4, 0.5) is 4.79 Å². The predicted molar refractivity (Wildman–Crippen MR) is 77.4 cm³/mol. The van der Waals surface area contributed by atoms with Crippen LogP contribution in [-0.2, 0) is 19.5 Å². The summed E-state index contributed by atoms with van der Waals surface area (Å²) < 4.78 is 2.22. The number of nitrogens with zero attached hydrogens (tertiary/aromatic N) is 2. The molecule has 0 aromatic carbocycles. The number of hydrogen-bond donors (Lipinski definition) is 2. The summed E-state index contributed by atoms with van der Waals surface area (Å²) in [7, 11) is 0. The molecule has 1 aliphatic heterocycles. The second-order valence-corrected chi connectivity index (χ2v) is 6.01. The molecule has 0 atom stereocenters. The first-order valence-corrected chi connectivity index (χ1v) is 7.88. The van der Waals surface area contributed by atoms with E-state index in [1.54, 1.807) is 0 Å². The van der Waals surface area contributed by atoms with Gasteiger partial charge in [-0.2, -0.15) is 0 Å². The molecule has 1 saturated carbocycles. The molecule has 1 aromatic heterocycles. The standard InChI is InChI=1S/C15H24N4O/c20-15(16-9-12-5-1-2-6-12)17-10-13-11-19-8-4-3-7-14(19)18-13/h11-12H,1-10H2,(H2,16,17,20). The second-order valence-electron chi connectivity index (χ2n) is 6.01. The Morgan fingerprint density at radius 1 is 1.25 bits per heavy atom. The minimum atomic E-state index is -0.0668. The summed E-state index contributed by atoms with van der Waals surface area (Å²) in [5.41, 5.74) is 0.970. The first-order valence-electron chi connectivity index (χ1n) is 7.88. The first-order chi connectivity index (χ1) is 9.81. The van der Waals surface area contributed by atoms with E-state index in [0.29, 0.717) is 12.5 Å². The molecule has 0 spiro atoms. The molecule has 0 bridgehead atoms. The first kappa shape index (κ1) is 13.5. The van der Waals surface area contributed by atoms with E-state index in [0.717, 1.165) is 25.2 Å². The summed E-state index contributed by atoms with van der Waals surface area (Å²) in [5.74, 6) is 1.85. The lowest BCUT2D eigenvalue weighted by Crippen LogP contribution is -2.37. The van der Waals surface area contributed by atoms with Crippen molar-refractivity contribution in [2.45, 2.75) is 58.0 Å². The molecule has 1 aromatic rings. The van der Waals surface area contributed by atoms with Gasteiger partial charge in [0.2, 0.25) is 0 Å². The van der Waals surface area contributed by atoms with Gasteiger partial charge in [0.05, 0.1) is 12.2 Å². The number of hydrogen-bond acceptors (Lipinski definition) is 2. The van der Waals surface area contributed by atoms with Crippen molar-refractivity contribution in [3.8, 4) is 0 Å². The summed E-state index contributed by atoms with van der Waals surface area (Å²) >= 11 is 0. The van der Waals surface area contributed by atoms with Crippen LogP contribution in [-0.4, -0.2) is 22.1 Å². The third-order valence-corrected chi connectivity index (χ3v) is 4.41. The number of amides is 2. The molecule has 5 nitrogen and oxygen atoms in total. The van der Waals surface area contributed by atoms with E-state index in [2.05, 4.69) is 26.4 Å². The maximum absolute atomic E-state index is 11.8. The number of fused-ring (bicyclic) bond motifs is 1. The molecule has 0 saturated heterocycles. The van der Waals surface area contributed by atoms with Gasteiger partial charge in [0.1, 0.15) is 5.82 Å². The Morgan fingerprint density at radius 2 is 2.10 bits per heavy atom. The fourth-order valence-electron chi connectivity index (χ4n) is 3.24. The van der Waals surface area contributed by atoms with Crippen LogP contribution in [0.25, 0.3) is 0 Å². The third kappa shape index (κ3) is 3.32. The Bertz CT molecular complexity index is 439. The molecule has 20 heavy (non-hydrogen) atoms. The van der Waals surface area contributed by atoms with Crippen molar-refractivity contribution in [3.05, 3.63) is 17.7 Å². The molecule has 5 heteroatoms. The van der Waals surface area contributed by atoms with E-state index in [-0.39, 0.29) is 6.03 Å². The predicted octanol–water partition coefficient (Wildman–Crippen LogP) is 2.21. The van der Waals surface area contributed by atoms with Gasteiger partial charge in [-0.05, 0) is 31.6 Å². The number of aryl methyl sites for hydroxylation is 2. The molecular weight excluding hydrogens is 252 g/mol. The van der Waals surface area contributed by atoms with Gasteiger partial charge in [-0.3, -0.25) is 0 Å². The fourth-order valence-corrected chi connectivity index (χ4v) is 3.24. The Labute approximate surface area is 120 Å². The van der Waals surface area contributed by atoms with E-state index >= 15 is 0 Å². The van der Waals surface area contributed by atoms with E-state index in [9.17, 15) is 4.79 Å². The lowest BCUT2D eigenvalue weighted by Gasteiger charge is -2.11. The average molecular weight is 276 g/mol. The second kappa shape index (κ2) is 6.29. The normalized spacial score (nSPS) is 18.8. The van der Waals surface area contributed by atoms with Crippen LogP contribution in [0.2, 0.25) is 0 Å². The Morgan fingerprint density at radius 3 is 2.90 bits per heavy atom. The van der Waals surface area contributed by atoms with Crippen LogP contribution >= 0.6 is 0 Å². The monoisotopic (exact) mass is 276 g/mol. The van der Waals surface area contributed by atoms with Gasteiger partial charge in [0, 0.05) is 25.7 Å². The number of carbonyl (C=O) groups excluding carboxylic acids is 1. The summed E-state index contributed by atoms with van der Waals surface area (Å²) in [4.78, 5) is 16.3. The lowest BCUT2D eigenvalue weighted by atomic mass is 10.1. The molecule has 2 amide bonds. The largest absolute Gasteiger partial charge is 0.338 e. The van der Waals surface area contributed by atoms with E-state index in [1.807, 2.05) is 0 Å². The summed E-state index contributed by atoms with van der Waals surface area (Å²) in [6.07, 6.45) is 10.7. The average Bonchev–Trinajstić information content (AvgIpc) is 3.11. The van der Waals surface area contributed by atoms with Crippen molar-refractivity contribution in [3.63, 3.8) is 0 Å². The van der Waals surface area contributed by atoms with Gasteiger partial charge in [-0.1, -0.05) is 12.8 Å². The molecule has 3 rings (SSSR count). The highest BCUT2D eigenvalue weighted by Crippen LogP contribution is 2.23. The molecule has 1 aliphatic carbocycles. The van der Waals surface area contributed by atoms with Gasteiger partial charge < -0.3 is 15.2 Å². The highest BCUT2D eigenvalue weighted by molar-refractivity contribution is 5.73. The SMILES string of the molecule is O=C(NCc1cn2c(n1)CCCC2)NCC1CCCC1. The molecular formula is C15H24N4O. The van der Waals surface area contributed by atoms with E-state index in [4.69, 9.17) is 0 Å². The molecule has 0 unspecified atom stereocenters. The molecule has 2 heterocycles. The minimum absolute atomic E-state index is 0.0668. The lowest BCUT2D eigenvalue weighted by molar-refractivity contribution is 0.238. The fraction of sp³-hybridized carbons (Fsp3) is 0.733. The van der Waals surface area contributed by atoms with Crippen LogP contribution in [0.3, 0.4) is 0 Å². The van der Waals surface area contributed by atoms with E-state index in [1.165, 1.54) is 44.3 Å². The van der Waals surface area contributed by atoms with Gasteiger partial charge >= 0.3 is 6.03 Å². The zero-order chi connectivity index (χ0) is 13.8. The number of rotatable bonds is 4. The van der Waals surface area contributed by atoms with Crippen LogP contribution in [0.5, 0.6) is 0 Å². The zero-order valence-corrected chi connectivity index (χ0v) is 12.0. The van der Waals surface area contributed by atoms with Crippen molar-refractivity contribution in [1.29, 1.82) is 0 Å². The Balaban J connectivity index is 1.41. The highest BCUT2D eigenvalue weighted by Gasteiger charge is 2.16. The number of nitrogens with one attached hydrogen (secondary N) is 2. The van der Waals surface area contributed by atoms with Crippen LogP contribution < -0.4 is 10.6 Å². The van der Waals surface area contributed by atoms with Crippen molar-refractivity contribution < 1.29 is 4.79 Å². The Hall–Kier alpha value is -1.52. The molecule has 1 fully saturated rings. The minimum Gasteiger partial charge on any atom is -0.338 e. The number of carbonyl (C=O) groups is 1. The molecule has 0 radical (unpaired) electrons. The van der Waals surface area contributed by atoms with Gasteiger partial charge in [0.25, 0.3) is 0 Å². The van der Waals surface area contributed by atoms with Crippen LogP contribution in [0.1, 0.15) is 50.0 Å². The summed E-state index contributed by atoms with van der Waals surface area (Å²) in [6.45, 7) is 2.40. The van der Waals surface area contributed by atoms with Crippen molar-refractivity contribution in [2.75, 3.05) is 6.54 Å². The number of imidazole rings is 1. The zero-order valence-electron chi connectivity index (χ0n) is 12.0. The number of aromatic nitrogens is 2. The highest BCUT2D eigenvalue weighted by atomic mass is 16.2.